The van der Waals surface area contributed by atoms with Gasteiger partial charge in [0.1, 0.15) is 5.82 Å². The van der Waals surface area contributed by atoms with E-state index in [1.165, 1.54) is 25.0 Å². The molecule has 0 radical (unpaired) electrons. The molecule has 0 heterocycles. The number of hydrogen-bond donors (Lipinski definition) is 2. The molecule has 1 unspecified atom stereocenters. The summed E-state index contributed by atoms with van der Waals surface area (Å²) in [4.78, 5) is 0. The smallest absolute Gasteiger partial charge is 0.192 e. The van der Waals surface area contributed by atoms with Gasteiger partial charge in [0, 0.05) is 18.2 Å². The fraction of sp³-hybridized carbons (Fsp3) is 0.750. The van der Waals surface area contributed by atoms with Crippen molar-refractivity contribution in [1.29, 1.82) is 0 Å². The van der Waals surface area contributed by atoms with E-state index in [4.69, 9.17) is 4.43 Å². The first kappa shape index (κ1) is 24.5. The third-order valence-corrected chi connectivity index (χ3v) is 11.4. The Morgan fingerprint density at radius 2 is 1.76 bits per heavy atom. The van der Waals surface area contributed by atoms with E-state index in [0.29, 0.717) is 24.1 Å². The lowest BCUT2D eigenvalue weighted by Gasteiger charge is -2.42. The summed E-state index contributed by atoms with van der Waals surface area (Å²) in [6, 6.07) is 6.22. The van der Waals surface area contributed by atoms with Crippen molar-refractivity contribution in [2.24, 2.45) is 5.92 Å². The molecule has 3 nitrogen and oxygen atoms in total. The Labute approximate surface area is 178 Å². The van der Waals surface area contributed by atoms with Crippen LogP contribution in [0.3, 0.4) is 0 Å². The third-order valence-electron chi connectivity index (χ3n) is 6.87. The molecule has 2 N–H and O–H groups in total. The summed E-state index contributed by atoms with van der Waals surface area (Å²) < 4.78 is 20.0. The van der Waals surface area contributed by atoms with Crippen LogP contribution in [0.5, 0.6) is 0 Å². The number of halogens is 1. The molecular formula is C24H42FNO2Si. The van der Waals surface area contributed by atoms with Crippen LogP contribution in [-0.4, -0.2) is 31.6 Å². The van der Waals surface area contributed by atoms with Gasteiger partial charge in [-0.3, -0.25) is 0 Å². The Kier molecular flexibility index (Phi) is 8.11. The molecule has 0 spiro atoms. The van der Waals surface area contributed by atoms with Gasteiger partial charge in [0.15, 0.2) is 8.32 Å². The minimum Gasteiger partial charge on any atom is -0.414 e. The maximum atomic E-state index is 13.4. The average molecular weight is 424 g/mol. The SMILES string of the molecule is CC(C)(CC1CCC(O[Si](C)(C)C(C)(C)C)CC1)NCC(O)c1cccc(F)c1. The van der Waals surface area contributed by atoms with Gasteiger partial charge in [-0.2, -0.15) is 0 Å². The van der Waals surface area contributed by atoms with Crippen LogP contribution in [0.2, 0.25) is 18.1 Å². The van der Waals surface area contributed by atoms with Gasteiger partial charge in [0.25, 0.3) is 0 Å². The zero-order valence-corrected chi connectivity index (χ0v) is 20.5. The van der Waals surface area contributed by atoms with Crippen molar-refractivity contribution < 1.29 is 13.9 Å². The molecule has 1 aromatic carbocycles. The van der Waals surface area contributed by atoms with E-state index in [-0.39, 0.29) is 16.4 Å². The van der Waals surface area contributed by atoms with E-state index in [1.54, 1.807) is 12.1 Å². The van der Waals surface area contributed by atoms with Crippen LogP contribution in [-0.2, 0) is 4.43 Å². The molecule has 0 aliphatic heterocycles. The van der Waals surface area contributed by atoms with Gasteiger partial charge >= 0.3 is 0 Å². The number of β-amino-alcohol motifs (C(OH)–C–C–N with tert-alkyl or cyclic N) is 1. The first-order valence-corrected chi connectivity index (χ1v) is 14.1. The molecule has 1 saturated carbocycles. The van der Waals surface area contributed by atoms with Crippen LogP contribution in [0, 0.1) is 11.7 Å². The van der Waals surface area contributed by atoms with E-state index in [1.807, 2.05) is 0 Å². The predicted octanol–water partition coefficient (Wildman–Crippen LogP) is 6.20. The lowest BCUT2D eigenvalue weighted by Crippen LogP contribution is -2.46. The van der Waals surface area contributed by atoms with Gasteiger partial charge in [0.2, 0.25) is 0 Å². The van der Waals surface area contributed by atoms with E-state index in [9.17, 15) is 9.50 Å². The van der Waals surface area contributed by atoms with Gasteiger partial charge in [-0.15, -0.1) is 0 Å². The molecule has 1 fully saturated rings. The van der Waals surface area contributed by atoms with Gasteiger partial charge in [-0.25, -0.2) is 4.39 Å². The summed E-state index contributed by atoms with van der Waals surface area (Å²) in [5.74, 6) is 0.376. The Morgan fingerprint density at radius 3 is 2.31 bits per heavy atom. The predicted molar refractivity (Wildman–Crippen MR) is 122 cm³/mol. The number of aliphatic hydroxyl groups is 1. The molecule has 1 atom stereocenters. The van der Waals surface area contributed by atoms with Crippen molar-refractivity contribution in [3.05, 3.63) is 35.6 Å². The normalized spacial score (nSPS) is 22.5. The molecule has 1 aliphatic rings. The fourth-order valence-electron chi connectivity index (χ4n) is 4.05. The maximum absolute atomic E-state index is 13.4. The maximum Gasteiger partial charge on any atom is 0.192 e. The molecule has 5 heteroatoms. The summed E-state index contributed by atoms with van der Waals surface area (Å²) in [6.45, 7) is 16.4. The fourth-order valence-corrected chi connectivity index (χ4v) is 5.47. The molecule has 0 amide bonds. The van der Waals surface area contributed by atoms with E-state index >= 15 is 0 Å². The Morgan fingerprint density at radius 1 is 1.14 bits per heavy atom. The number of aliphatic hydroxyl groups excluding tert-OH is 1. The van der Waals surface area contributed by atoms with Gasteiger partial charge < -0.3 is 14.8 Å². The van der Waals surface area contributed by atoms with Crippen LogP contribution in [0.25, 0.3) is 0 Å². The van der Waals surface area contributed by atoms with E-state index in [0.717, 1.165) is 19.3 Å². The van der Waals surface area contributed by atoms with Gasteiger partial charge in [-0.05, 0) is 87.7 Å². The van der Waals surface area contributed by atoms with Crippen LogP contribution in [0.15, 0.2) is 24.3 Å². The third kappa shape index (κ3) is 7.46. The Hall–Kier alpha value is -0.753. The second-order valence-electron chi connectivity index (χ2n) is 11.1. The number of rotatable bonds is 8. The number of hydrogen-bond acceptors (Lipinski definition) is 3. The highest BCUT2D eigenvalue weighted by atomic mass is 28.4. The van der Waals surface area contributed by atoms with Crippen LogP contribution < -0.4 is 5.32 Å². The van der Waals surface area contributed by atoms with Gasteiger partial charge in [0.05, 0.1) is 6.10 Å². The quantitative estimate of drug-likeness (QED) is 0.489. The molecule has 2 rings (SSSR count). The largest absolute Gasteiger partial charge is 0.414 e. The van der Waals surface area contributed by atoms with Crippen molar-refractivity contribution in [3.8, 4) is 0 Å². The van der Waals surface area contributed by atoms with E-state index in [2.05, 4.69) is 53.0 Å². The standard InChI is InChI=1S/C24H42FNO2Si/c1-23(2,3)29(6,7)28-21-13-11-18(12-14-21)16-24(4,5)26-17-22(27)19-9-8-10-20(25)15-19/h8-10,15,18,21-22,26-27H,11-14,16-17H2,1-7H3. The summed E-state index contributed by atoms with van der Waals surface area (Å²) in [5, 5.41) is 14.1. The molecule has 0 saturated heterocycles. The summed E-state index contributed by atoms with van der Waals surface area (Å²) >= 11 is 0. The van der Waals surface area contributed by atoms with Crippen LogP contribution in [0.1, 0.15) is 78.4 Å². The van der Waals surface area contributed by atoms with E-state index < -0.39 is 14.4 Å². The highest BCUT2D eigenvalue weighted by molar-refractivity contribution is 6.74. The Balaban J connectivity index is 1.78. The minimum absolute atomic E-state index is 0.0634. The summed E-state index contributed by atoms with van der Waals surface area (Å²) in [6.07, 6.45) is 5.51. The minimum atomic E-state index is -1.69. The highest BCUT2D eigenvalue weighted by Gasteiger charge is 2.40. The first-order valence-electron chi connectivity index (χ1n) is 11.2. The van der Waals surface area contributed by atoms with Crippen molar-refractivity contribution in [3.63, 3.8) is 0 Å². The lowest BCUT2D eigenvalue weighted by atomic mass is 9.80. The molecule has 1 aliphatic carbocycles. The van der Waals surface area contributed by atoms with Crippen molar-refractivity contribution in [2.75, 3.05) is 6.54 Å². The highest BCUT2D eigenvalue weighted by Crippen LogP contribution is 2.40. The molecule has 1 aromatic rings. The Bertz CT molecular complexity index is 649. The number of nitrogens with one attached hydrogen (secondary N) is 1. The molecule has 166 valence electrons. The van der Waals surface area contributed by atoms with Crippen LogP contribution in [0.4, 0.5) is 4.39 Å². The second-order valence-corrected chi connectivity index (χ2v) is 15.8. The van der Waals surface area contributed by atoms with Gasteiger partial charge in [-0.1, -0.05) is 32.9 Å². The summed E-state index contributed by atoms with van der Waals surface area (Å²) in [5.41, 5.74) is 0.558. The summed E-state index contributed by atoms with van der Waals surface area (Å²) in [7, 11) is -1.69. The zero-order chi connectivity index (χ0) is 21.9. The topological polar surface area (TPSA) is 41.5 Å². The molecular weight excluding hydrogens is 381 g/mol. The lowest BCUT2D eigenvalue weighted by molar-refractivity contribution is 0.102. The molecule has 0 bridgehead atoms. The number of benzene rings is 1. The first-order chi connectivity index (χ1) is 13.3. The second kappa shape index (κ2) is 9.59. The monoisotopic (exact) mass is 423 g/mol. The van der Waals surface area contributed by atoms with Crippen molar-refractivity contribution >= 4 is 8.32 Å². The zero-order valence-electron chi connectivity index (χ0n) is 19.5. The average Bonchev–Trinajstić information content (AvgIpc) is 2.60. The van der Waals surface area contributed by atoms with Crippen LogP contribution >= 0.6 is 0 Å². The van der Waals surface area contributed by atoms with Crippen molar-refractivity contribution in [1.82, 2.24) is 5.32 Å². The van der Waals surface area contributed by atoms with Crippen molar-refractivity contribution in [2.45, 2.75) is 103 Å². The molecule has 29 heavy (non-hydrogen) atoms. The molecule has 0 aromatic heterocycles.